The van der Waals surface area contributed by atoms with Gasteiger partial charge >= 0.3 is 6.01 Å². The third kappa shape index (κ3) is 3.57. The van der Waals surface area contributed by atoms with E-state index < -0.39 is 0 Å². The summed E-state index contributed by atoms with van der Waals surface area (Å²) < 4.78 is 5.44. The monoisotopic (exact) mass is 292 g/mol. The Bertz CT molecular complexity index is 616. The van der Waals surface area contributed by atoms with Crippen molar-refractivity contribution in [2.24, 2.45) is 0 Å². The van der Waals surface area contributed by atoms with Crippen LogP contribution in [0.15, 0.2) is 18.2 Å². The van der Waals surface area contributed by atoms with E-state index in [1.54, 1.807) is 0 Å². The lowest BCUT2D eigenvalue weighted by atomic mass is 10.1. The number of anilines is 2. The van der Waals surface area contributed by atoms with Crippen molar-refractivity contribution in [1.29, 1.82) is 0 Å². The topological polar surface area (TPSA) is 59.9 Å². The van der Waals surface area contributed by atoms with Crippen molar-refractivity contribution in [2.75, 3.05) is 5.32 Å². The molecule has 2 aromatic rings. The maximum Gasteiger partial charge on any atom is 0.322 e. The number of hydrogen-bond acceptors (Lipinski definition) is 5. The Kier molecular flexibility index (Phi) is 4.39. The first kappa shape index (κ1) is 14.5. The Hall–Kier alpha value is -1.88. The summed E-state index contributed by atoms with van der Waals surface area (Å²) in [5.41, 5.74) is 3.26. The number of nitrogens with one attached hydrogen (secondary N) is 1. The molecule has 1 aromatic heterocycles. The predicted octanol–water partition coefficient (Wildman–Crippen LogP) is 3.67. The van der Waals surface area contributed by atoms with Gasteiger partial charge in [-0.3, -0.25) is 0 Å². The highest BCUT2D eigenvalue weighted by molar-refractivity contribution is 6.28. The van der Waals surface area contributed by atoms with Gasteiger partial charge in [-0.05, 0) is 56.5 Å². The summed E-state index contributed by atoms with van der Waals surface area (Å²) in [7, 11) is 0. The van der Waals surface area contributed by atoms with Crippen LogP contribution in [-0.2, 0) is 0 Å². The molecule has 0 aliphatic carbocycles. The minimum atomic E-state index is -0.0259. The molecule has 5 nitrogen and oxygen atoms in total. The molecule has 0 saturated heterocycles. The van der Waals surface area contributed by atoms with Crippen molar-refractivity contribution in [1.82, 2.24) is 15.0 Å². The summed E-state index contributed by atoms with van der Waals surface area (Å²) in [5, 5.41) is 3.24. The summed E-state index contributed by atoms with van der Waals surface area (Å²) in [4.78, 5) is 12.2. The number of ether oxygens (including phenoxy) is 1. The van der Waals surface area contributed by atoms with Gasteiger partial charge in [0.2, 0.25) is 11.2 Å². The van der Waals surface area contributed by atoms with Crippen LogP contribution < -0.4 is 10.1 Å². The maximum absolute atomic E-state index is 5.89. The van der Waals surface area contributed by atoms with Crippen LogP contribution in [-0.4, -0.2) is 21.1 Å². The largest absolute Gasteiger partial charge is 0.461 e. The average Bonchev–Trinajstić information content (AvgIpc) is 2.33. The van der Waals surface area contributed by atoms with Crippen LogP contribution in [0.5, 0.6) is 6.01 Å². The van der Waals surface area contributed by atoms with E-state index >= 15 is 0 Å². The molecule has 0 spiro atoms. The average molecular weight is 293 g/mol. The van der Waals surface area contributed by atoms with E-state index in [0.29, 0.717) is 5.95 Å². The summed E-state index contributed by atoms with van der Waals surface area (Å²) in [6, 6.07) is 6.20. The second kappa shape index (κ2) is 6.05. The first-order chi connectivity index (χ1) is 9.45. The van der Waals surface area contributed by atoms with E-state index in [1.165, 1.54) is 5.56 Å². The number of benzene rings is 1. The molecule has 0 amide bonds. The second-order valence-corrected chi connectivity index (χ2v) is 5.09. The number of halogens is 1. The molecule has 20 heavy (non-hydrogen) atoms. The lowest BCUT2D eigenvalue weighted by molar-refractivity contribution is 0.222. The van der Waals surface area contributed by atoms with Crippen LogP contribution in [0.2, 0.25) is 5.28 Å². The molecule has 0 saturated carbocycles. The molecule has 0 radical (unpaired) electrons. The normalized spacial score (nSPS) is 10.7. The first-order valence-corrected chi connectivity index (χ1v) is 6.75. The molecule has 0 aliphatic heterocycles. The lowest BCUT2D eigenvalue weighted by Crippen LogP contribution is -2.10. The van der Waals surface area contributed by atoms with Crippen LogP contribution in [0.4, 0.5) is 11.6 Å². The molecule has 2 rings (SSSR count). The molecule has 0 aliphatic rings. The van der Waals surface area contributed by atoms with Gasteiger partial charge in [-0.25, -0.2) is 0 Å². The lowest BCUT2D eigenvalue weighted by Gasteiger charge is -2.12. The van der Waals surface area contributed by atoms with Gasteiger partial charge in [0.25, 0.3) is 0 Å². The Morgan fingerprint density at radius 2 is 1.90 bits per heavy atom. The molecule has 1 N–H and O–H groups in total. The van der Waals surface area contributed by atoms with Gasteiger partial charge in [-0.15, -0.1) is 0 Å². The second-order valence-electron chi connectivity index (χ2n) is 4.75. The van der Waals surface area contributed by atoms with E-state index in [9.17, 15) is 0 Å². The van der Waals surface area contributed by atoms with Crippen molar-refractivity contribution < 1.29 is 4.74 Å². The zero-order valence-corrected chi connectivity index (χ0v) is 12.7. The van der Waals surface area contributed by atoms with Crippen molar-refractivity contribution in [3.05, 3.63) is 34.6 Å². The SMILES string of the molecule is Cc1cccc(Nc2nc(Cl)nc(OC(C)C)n2)c1C. The van der Waals surface area contributed by atoms with Gasteiger partial charge in [-0.2, -0.15) is 15.0 Å². The van der Waals surface area contributed by atoms with Crippen molar-refractivity contribution in [2.45, 2.75) is 33.8 Å². The van der Waals surface area contributed by atoms with E-state index in [0.717, 1.165) is 11.3 Å². The minimum absolute atomic E-state index is 0.0259. The summed E-state index contributed by atoms with van der Waals surface area (Å²) in [6.45, 7) is 7.88. The number of rotatable bonds is 4. The highest BCUT2D eigenvalue weighted by Crippen LogP contribution is 2.22. The molecule has 1 heterocycles. The highest BCUT2D eigenvalue weighted by Gasteiger charge is 2.09. The van der Waals surface area contributed by atoms with Crippen molar-refractivity contribution in [3.8, 4) is 6.01 Å². The maximum atomic E-state index is 5.89. The Morgan fingerprint density at radius 1 is 1.15 bits per heavy atom. The number of hydrogen-bond donors (Lipinski definition) is 1. The van der Waals surface area contributed by atoms with Crippen LogP contribution in [0, 0.1) is 13.8 Å². The summed E-state index contributed by atoms with van der Waals surface area (Å²) in [5.74, 6) is 0.370. The molecule has 1 aromatic carbocycles. The molecule has 0 atom stereocenters. The van der Waals surface area contributed by atoms with Crippen LogP contribution in [0.3, 0.4) is 0 Å². The highest BCUT2D eigenvalue weighted by atomic mass is 35.5. The minimum Gasteiger partial charge on any atom is -0.461 e. The molecule has 0 bridgehead atoms. The van der Waals surface area contributed by atoms with E-state index in [-0.39, 0.29) is 17.4 Å². The van der Waals surface area contributed by atoms with Gasteiger partial charge < -0.3 is 10.1 Å². The number of aromatic nitrogens is 3. The number of aryl methyl sites for hydroxylation is 1. The van der Waals surface area contributed by atoms with E-state index in [4.69, 9.17) is 16.3 Å². The fourth-order valence-electron chi connectivity index (χ4n) is 1.66. The molecule has 106 valence electrons. The molecular weight excluding hydrogens is 276 g/mol. The van der Waals surface area contributed by atoms with Crippen molar-refractivity contribution >= 4 is 23.2 Å². The zero-order valence-electron chi connectivity index (χ0n) is 11.9. The van der Waals surface area contributed by atoms with Crippen LogP contribution in [0.25, 0.3) is 0 Å². The fraction of sp³-hybridized carbons (Fsp3) is 0.357. The molecule has 0 unspecified atom stereocenters. The van der Waals surface area contributed by atoms with Crippen LogP contribution in [0.1, 0.15) is 25.0 Å². The number of nitrogens with zero attached hydrogens (tertiary/aromatic N) is 3. The fourth-order valence-corrected chi connectivity index (χ4v) is 1.81. The van der Waals surface area contributed by atoms with Gasteiger partial charge in [0, 0.05) is 5.69 Å². The summed E-state index contributed by atoms with van der Waals surface area (Å²) in [6.07, 6.45) is -0.0259. The molecule has 6 heteroatoms. The van der Waals surface area contributed by atoms with Crippen LogP contribution >= 0.6 is 11.6 Å². The van der Waals surface area contributed by atoms with Gasteiger partial charge in [0.05, 0.1) is 6.10 Å². The van der Waals surface area contributed by atoms with Crippen molar-refractivity contribution in [3.63, 3.8) is 0 Å². The quantitative estimate of drug-likeness (QED) is 0.931. The first-order valence-electron chi connectivity index (χ1n) is 6.37. The predicted molar refractivity (Wildman–Crippen MR) is 79.8 cm³/mol. The Labute approximate surface area is 123 Å². The van der Waals surface area contributed by atoms with Gasteiger partial charge in [0.1, 0.15) is 0 Å². The Balaban J connectivity index is 2.29. The van der Waals surface area contributed by atoms with Gasteiger partial charge in [0.15, 0.2) is 0 Å². The summed E-state index contributed by atoms with van der Waals surface area (Å²) >= 11 is 5.89. The zero-order chi connectivity index (χ0) is 14.7. The van der Waals surface area contributed by atoms with Gasteiger partial charge in [-0.1, -0.05) is 12.1 Å². The molecule has 0 fully saturated rings. The smallest absolute Gasteiger partial charge is 0.322 e. The van der Waals surface area contributed by atoms with E-state index in [2.05, 4.69) is 20.3 Å². The standard InChI is InChI=1S/C14H17ClN4O/c1-8(2)20-14-18-12(15)17-13(19-14)16-11-7-5-6-9(3)10(11)4/h5-8H,1-4H3,(H,16,17,18,19). The third-order valence-electron chi connectivity index (χ3n) is 2.78. The third-order valence-corrected chi connectivity index (χ3v) is 2.95. The Morgan fingerprint density at radius 3 is 2.60 bits per heavy atom. The molecular formula is C14H17ClN4O. The van der Waals surface area contributed by atoms with E-state index in [1.807, 2.05) is 45.9 Å².